The van der Waals surface area contributed by atoms with Gasteiger partial charge in [0.15, 0.2) is 0 Å². The molecular weight excluding hydrogens is 354 g/mol. The Morgan fingerprint density at radius 2 is 1.96 bits per heavy atom. The minimum absolute atomic E-state index is 0.0164. The molecule has 2 aromatic carbocycles. The van der Waals surface area contributed by atoms with Crippen LogP contribution in [0.15, 0.2) is 48.5 Å². The maximum atomic E-state index is 12.5. The molecule has 8 heteroatoms. The highest BCUT2D eigenvalue weighted by Gasteiger charge is 2.16. The van der Waals surface area contributed by atoms with E-state index in [0.29, 0.717) is 10.6 Å². The molecule has 0 unspecified atom stereocenters. The summed E-state index contributed by atoms with van der Waals surface area (Å²) in [5.41, 5.74) is 6.94. The fourth-order valence-corrected chi connectivity index (χ4v) is 2.48. The molecule has 0 spiro atoms. The van der Waals surface area contributed by atoms with Gasteiger partial charge in [0, 0.05) is 16.3 Å². The number of carbonyl (C=O) groups is 1. The number of hydrogen-bond acceptors (Lipinski definition) is 6. The van der Waals surface area contributed by atoms with E-state index in [-0.39, 0.29) is 18.0 Å². The Morgan fingerprint density at radius 3 is 2.62 bits per heavy atom. The van der Waals surface area contributed by atoms with E-state index in [1.807, 2.05) is 38.1 Å². The van der Waals surface area contributed by atoms with Crippen molar-refractivity contribution in [1.82, 2.24) is 14.8 Å². The minimum atomic E-state index is -0.411. The molecule has 1 aromatic heterocycles. The summed E-state index contributed by atoms with van der Waals surface area (Å²) in [5.74, 6) is 0.554. The van der Waals surface area contributed by atoms with Gasteiger partial charge in [-0.15, -0.1) is 5.10 Å². The van der Waals surface area contributed by atoms with E-state index >= 15 is 0 Å². The van der Waals surface area contributed by atoms with Crippen LogP contribution in [0.5, 0.6) is 5.75 Å². The van der Waals surface area contributed by atoms with Crippen LogP contribution in [0.4, 0.5) is 17.6 Å². The summed E-state index contributed by atoms with van der Waals surface area (Å²) >= 11 is 5.92. The summed E-state index contributed by atoms with van der Waals surface area (Å²) < 4.78 is 6.63. The Balaban J connectivity index is 1.77. The molecule has 0 radical (unpaired) electrons. The van der Waals surface area contributed by atoms with E-state index < -0.39 is 5.91 Å². The van der Waals surface area contributed by atoms with Crippen molar-refractivity contribution < 1.29 is 9.53 Å². The van der Waals surface area contributed by atoms with E-state index in [1.54, 1.807) is 24.3 Å². The third-order valence-electron chi connectivity index (χ3n) is 3.38. The average molecular weight is 372 g/mol. The molecule has 0 aliphatic heterocycles. The summed E-state index contributed by atoms with van der Waals surface area (Å²) in [7, 11) is 0. The van der Waals surface area contributed by atoms with Crippen molar-refractivity contribution in [3.8, 4) is 5.75 Å². The van der Waals surface area contributed by atoms with Crippen molar-refractivity contribution in [2.75, 3.05) is 11.1 Å². The Hall–Kier alpha value is -3.06. The molecule has 1 heterocycles. The zero-order chi connectivity index (χ0) is 18.7. The zero-order valence-corrected chi connectivity index (χ0v) is 15.1. The molecule has 0 amide bonds. The van der Waals surface area contributed by atoms with Crippen LogP contribution >= 0.6 is 11.6 Å². The number of nitrogen functional groups attached to an aromatic ring is 1. The summed E-state index contributed by atoms with van der Waals surface area (Å²) in [6.07, 6.45) is 0.100. The van der Waals surface area contributed by atoms with Crippen molar-refractivity contribution in [2.24, 2.45) is 0 Å². The van der Waals surface area contributed by atoms with Gasteiger partial charge in [0.1, 0.15) is 5.75 Å². The second-order valence-corrected chi connectivity index (χ2v) is 6.27. The molecule has 3 aromatic rings. The number of ether oxygens (including phenoxy) is 1. The highest BCUT2D eigenvalue weighted by atomic mass is 35.5. The van der Waals surface area contributed by atoms with E-state index in [1.165, 1.54) is 0 Å². The van der Waals surface area contributed by atoms with Crippen LogP contribution in [0.1, 0.15) is 24.2 Å². The first-order chi connectivity index (χ1) is 12.4. The highest BCUT2D eigenvalue weighted by Crippen LogP contribution is 2.20. The first-order valence-electron chi connectivity index (χ1n) is 7.99. The van der Waals surface area contributed by atoms with Crippen molar-refractivity contribution in [1.29, 1.82) is 0 Å². The fourth-order valence-electron chi connectivity index (χ4n) is 2.29. The van der Waals surface area contributed by atoms with Gasteiger partial charge in [0.2, 0.25) is 11.9 Å². The van der Waals surface area contributed by atoms with Gasteiger partial charge in [-0.25, -0.2) is 0 Å². The second kappa shape index (κ2) is 7.45. The molecule has 0 aliphatic carbocycles. The number of hydrogen-bond donors (Lipinski definition) is 2. The number of nitrogens with two attached hydrogens (primary N) is 1. The number of benzene rings is 2. The molecule has 0 bridgehead atoms. The molecule has 26 heavy (non-hydrogen) atoms. The molecule has 7 nitrogen and oxygen atoms in total. The third-order valence-corrected chi connectivity index (χ3v) is 3.61. The van der Waals surface area contributed by atoms with Crippen LogP contribution in [0.3, 0.4) is 0 Å². The Morgan fingerprint density at radius 1 is 1.23 bits per heavy atom. The van der Waals surface area contributed by atoms with Crippen LogP contribution in [-0.2, 0) is 0 Å². The normalized spacial score (nSPS) is 10.8. The maximum Gasteiger partial charge on any atom is 0.281 e. The molecule has 0 atom stereocenters. The summed E-state index contributed by atoms with van der Waals surface area (Å²) in [6.45, 7) is 3.92. The minimum Gasteiger partial charge on any atom is -0.491 e. The maximum absolute atomic E-state index is 12.5. The van der Waals surface area contributed by atoms with Crippen molar-refractivity contribution in [3.63, 3.8) is 0 Å². The van der Waals surface area contributed by atoms with Gasteiger partial charge in [-0.2, -0.15) is 9.67 Å². The molecule has 3 rings (SSSR count). The van der Waals surface area contributed by atoms with Crippen molar-refractivity contribution >= 4 is 35.1 Å². The predicted molar refractivity (Wildman–Crippen MR) is 101 cm³/mol. The second-order valence-electron chi connectivity index (χ2n) is 5.84. The number of anilines is 3. The predicted octanol–water partition coefficient (Wildman–Crippen LogP) is 3.73. The third kappa shape index (κ3) is 4.12. The summed E-state index contributed by atoms with van der Waals surface area (Å²) in [5, 5.41) is 7.59. The molecular formula is C18H18ClN5O2. The smallest absolute Gasteiger partial charge is 0.281 e. The van der Waals surface area contributed by atoms with Gasteiger partial charge in [-0.3, -0.25) is 4.79 Å². The van der Waals surface area contributed by atoms with Crippen LogP contribution in [0, 0.1) is 0 Å². The van der Waals surface area contributed by atoms with E-state index in [4.69, 9.17) is 22.1 Å². The van der Waals surface area contributed by atoms with Crippen LogP contribution in [-0.4, -0.2) is 26.8 Å². The lowest BCUT2D eigenvalue weighted by molar-refractivity contribution is 0.0948. The topological polar surface area (TPSA) is 95.1 Å². The number of nitrogens with one attached hydrogen (secondary N) is 1. The lowest BCUT2D eigenvalue weighted by atomic mass is 10.2. The van der Waals surface area contributed by atoms with Crippen LogP contribution in [0.25, 0.3) is 0 Å². The first-order valence-corrected chi connectivity index (χ1v) is 8.37. The van der Waals surface area contributed by atoms with Gasteiger partial charge in [-0.05, 0) is 56.3 Å². The van der Waals surface area contributed by atoms with Crippen LogP contribution < -0.4 is 15.8 Å². The van der Waals surface area contributed by atoms with E-state index in [9.17, 15) is 4.79 Å². The SMILES string of the molecule is CC(C)Oc1ccc(Nc2nc(N)n(C(=O)c3cccc(Cl)c3)n2)cc1. The average Bonchev–Trinajstić information content (AvgIpc) is 2.96. The van der Waals surface area contributed by atoms with Crippen LogP contribution in [0.2, 0.25) is 5.02 Å². The van der Waals surface area contributed by atoms with E-state index in [2.05, 4.69) is 15.4 Å². The standard InChI is InChI=1S/C18H18ClN5O2/c1-11(2)26-15-8-6-14(7-9-15)21-18-22-17(20)24(23-18)16(25)12-4-3-5-13(19)10-12/h3-11H,1-2H3,(H3,20,21,22,23). The lowest BCUT2D eigenvalue weighted by Crippen LogP contribution is -2.16. The van der Waals surface area contributed by atoms with Gasteiger partial charge in [0.25, 0.3) is 5.91 Å². The van der Waals surface area contributed by atoms with Gasteiger partial charge in [-0.1, -0.05) is 17.7 Å². The van der Waals surface area contributed by atoms with Gasteiger partial charge < -0.3 is 15.8 Å². The largest absolute Gasteiger partial charge is 0.491 e. The molecule has 0 saturated heterocycles. The van der Waals surface area contributed by atoms with E-state index in [0.717, 1.165) is 16.1 Å². The molecule has 0 aliphatic rings. The zero-order valence-electron chi connectivity index (χ0n) is 14.3. The quantitative estimate of drug-likeness (QED) is 0.709. The number of aromatic nitrogens is 3. The number of nitrogens with zero attached hydrogens (tertiary/aromatic N) is 3. The molecule has 0 fully saturated rings. The molecule has 0 saturated carbocycles. The molecule has 3 N–H and O–H groups in total. The summed E-state index contributed by atoms with van der Waals surface area (Å²) in [6, 6.07) is 13.9. The Labute approximate surface area is 155 Å². The monoisotopic (exact) mass is 371 g/mol. The lowest BCUT2D eigenvalue weighted by Gasteiger charge is -2.10. The number of carbonyl (C=O) groups excluding carboxylic acids is 1. The van der Waals surface area contributed by atoms with Crippen molar-refractivity contribution in [2.45, 2.75) is 20.0 Å². The highest BCUT2D eigenvalue weighted by molar-refractivity contribution is 6.31. The number of halogens is 1. The molecule has 134 valence electrons. The summed E-state index contributed by atoms with van der Waals surface area (Å²) in [4.78, 5) is 16.6. The number of rotatable bonds is 5. The van der Waals surface area contributed by atoms with Gasteiger partial charge in [0.05, 0.1) is 6.10 Å². The fraction of sp³-hybridized carbons (Fsp3) is 0.167. The Bertz CT molecular complexity index is 922. The van der Waals surface area contributed by atoms with Gasteiger partial charge >= 0.3 is 0 Å². The first kappa shape index (κ1) is 17.8. The van der Waals surface area contributed by atoms with Crippen molar-refractivity contribution in [3.05, 3.63) is 59.1 Å². The Kier molecular flexibility index (Phi) is 5.09.